The van der Waals surface area contributed by atoms with Crippen LogP contribution >= 0.6 is 0 Å². The minimum absolute atomic E-state index is 0.0127. The SMILES string of the molecule is OCC1=C(c2ccccc2)[C@H](c2ccccc2)[C@H]1CO. The molecule has 0 aliphatic heterocycles. The Labute approximate surface area is 119 Å². The van der Waals surface area contributed by atoms with Crippen molar-refractivity contribution in [3.8, 4) is 0 Å². The lowest BCUT2D eigenvalue weighted by Gasteiger charge is -2.41. The number of aliphatic hydroxyl groups is 2. The molecule has 20 heavy (non-hydrogen) atoms. The fraction of sp³-hybridized carbons (Fsp3) is 0.222. The Kier molecular flexibility index (Phi) is 3.68. The van der Waals surface area contributed by atoms with Crippen molar-refractivity contribution in [3.63, 3.8) is 0 Å². The highest BCUT2D eigenvalue weighted by Crippen LogP contribution is 2.52. The van der Waals surface area contributed by atoms with E-state index in [4.69, 9.17) is 0 Å². The lowest BCUT2D eigenvalue weighted by molar-refractivity contribution is 0.205. The number of hydrogen-bond donors (Lipinski definition) is 2. The Morgan fingerprint density at radius 3 is 1.95 bits per heavy atom. The zero-order valence-corrected chi connectivity index (χ0v) is 11.2. The predicted molar refractivity (Wildman–Crippen MR) is 80.2 cm³/mol. The van der Waals surface area contributed by atoms with Gasteiger partial charge < -0.3 is 10.2 Å². The molecule has 0 saturated heterocycles. The molecule has 1 aliphatic rings. The van der Waals surface area contributed by atoms with Gasteiger partial charge >= 0.3 is 0 Å². The maximum Gasteiger partial charge on any atom is 0.0651 e. The van der Waals surface area contributed by atoms with Gasteiger partial charge in [0.05, 0.1) is 13.2 Å². The van der Waals surface area contributed by atoms with Gasteiger partial charge in [0.15, 0.2) is 0 Å². The Bertz CT molecular complexity index is 602. The first-order chi connectivity index (χ1) is 9.86. The Balaban J connectivity index is 2.08. The van der Waals surface area contributed by atoms with Gasteiger partial charge in [-0.05, 0) is 22.3 Å². The monoisotopic (exact) mass is 266 g/mol. The molecule has 0 amide bonds. The van der Waals surface area contributed by atoms with Crippen LogP contribution in [0.2, 0.25) is 0 Å². The average molecular weight is 266 g/mol. The van der Waals surface area contributed by atoms with Crippen molar-refractivity contribution in [2.24, 2.45) is 5.92 Å². The van der Waals surface area contributed by atoms with Crippen LogP contribution < -0.4 is 0 Å². The van der Waals surface area contributed by atoms with E-state index in [-0.39, 0.29) is 25.0 Å². The van der Waals surface area contributed by atoms with Crippen molar-refractivity contribution in [2.45, 2.75) is 5.92 Å². The summed E-state index contributed by atoms with van der Waals surface area (Å²) < 4.78 is 0. The maximum atomic E-state index is 9.64. The summed E-state index contributed by atoms with van der Waals surface area (Å²) in [6.45, 7) is 0.0879. The summed E-state index contributed by atoms with van der Waals surface area (Å²) in [5, 5.41) is 19.3. The largest absolute Gasteiger partial charge is 0.396 e. The van der Waals surface area contributed by atoms with E-state index in [1.54, 1.807) is 0 Å². The first-order valence-corrected chi connectivity index (χ1v) is 6.91. The van der Waals surface area contributed by atoms with Gasteiger partial charge in [0.25, 0.3) is 0 Å². The quantitative estimate of drug-likeness (QED) is 0.893. The van der Waals surface area contributed by atoms with Crippen molar-refractivity contribution >= 4 is 5.57 Å². The van der Waals surface area contributed by atoms with Crippen LogP contribution in [0.5, 0.6) is 0 Å². The van der Waals surface area contributed by atoms with E-state index in [1.807, 2.05) is 36.4 Å². The molecule has 0 fully saturated rings. The van der Waals surface area contributed by atoms with Crippen molar-refractivity contribution in [1.29, 1.82) is 0 Å². The minimum atomic E-state index is 0.0127. The van der Waals surface area contributed by atoms with Gasteiger partial charge in [-0.1, -0.05) is 60.7 Å². The standard InChI is InChI=1S/C18H18O2/c19-11-15-16(12-20)18(14-9-5-2-6-10-14)17(15)13-7-3-1-4-8-13/h1-10,15,17,19-20H,11-12H2/t15-,17+/m0/s1. The average Bonchev–Trinajstić information content (AvgIpc) is 2.49. The molecule has 3 rings (SSSR count). The topological polar surface area (TPSA) is 40.5 Å². The molecular formula is C18H18O2. The van der Waals surface area contributed by atoms with Crippen LogP contribution in [0.25, 0.3) is 5.57 Å². The van der Waals surface area contributed by atoms with Gasteiger partial charge in [-0.25, -0.2) is 0 Å². The minimum Gasteiger partial charge on any atom is -0.396 e. The van der Waals surface area contributed by atoms with Gasteiger partial charge in [-0.2, -0.15) is 0 Å². The molecule has 1 aliphatic carbocycles. The van der Waals surface area contributed by atoms with Gasteiger partial charge in [-0.15, -0.1) is 0 Å². The van der Waals surface area contributed by atoms with Gasteiger partial charge in [0.1, 0.15) is 0 Å². The van der Waals surface area contributed by atoms with Gasteiger partial charge in [0.2, 0.25) is 0 Å². The molecule has 0 bridgehead atoms. The number of allylic oxidation sites excluding steroid dienone is 1. The molecule has 102 valence electrons. The molecule has 2 aromatic rings. The summed E-state index contributed by atoms with van der Waals surface area (Å²) in [6.07, 6.45) is 0. The second-order valence-corrected chi connectivity index (χ2v) is 5.14. The fourth-order valence-electron chi connectivity index (χ4n) is 3.17. The van der Waals surface area contributed by atoms with E-state index >= 15 is 0 Å². The van der Waals surface area contributed by atoms with Gasteiger partial charge in [0, 0.05) is 11.8 Å². The Morgan fingerprint density at radius 2 is 1.40 bits per heavy atom. The third kappa shape index (κ3) is 2.07. The number of aliphatic hydroxyl groups excluding tert-OH is 2. The molecule has 2 N–H and O–H groups in total. The van der Waals surface area contributed by atoms with Crippen LogP contribution in [0.15, 0.2) is 66.2 Å². The molecule has 0 heterocycles. The van der Waals surface area contributed by atoms with E-state index in [0.29, 0.717) is 0 Å². The second kappa shape index (κ2) is 5.61. The molecule has 2 nitrogen and oxygen atoms in total. The lowest BCUT2D eigenvalue weighted by atomic mass is 9.63. The summed E-state index contributed by atoms with van der Waals surface area (Å²) in [7, 11) is 0. The van der Waals surface area contributed by atoms with Crippen LogP contribution in [0.1, 0.15) is 17.0 Å². The zero-order chi connectivity index (χ0) is 13.9. The van der Waals surface area contributed by atoms with Gasteiger partial charge in [-0.3, -0.25) is 0 Å². The van der Waals surface area contributed by atoms with E-state index in [0.717, 1.165) is 11.1 Å². The highest BCUT2D eigenvalue weighted by molar-refractivity contribution is 5.81. The Hall–Kier alpha value is -1.90. The highest BCUT2D eigenvalue weighted by Gasteiger charge is 2.40. The first-order valence-electron chi connectivity index (χ1n) is 6.91. The summed E-state index contributed by atoms with van der Waals surface area (Å²) in [5.74, 6) is 0.198. The van der Waals surface area contributed by atoms with Crippen molar-refractivity contribution in [1.82, 2.24) is 0 Å². The molecule has 0 aromatic heterocycles. The summed E-state index contributed by atoms with van der Waals surface area (Å²) in [4.78, 5) is 0. The van der Waals surface area contributed by atoms with Crippen LogP contribution in [0.4, 0.5) is 0 Å². The molecule has 2 atom stereocenters. The molecule has 0 saturated carbocycles. The van der Waals surface area contributed by atoms with Crippen molar-refractivity contribution < 1.29 is 10.2 Å². The first kappa shape index (κ1) is 13.1. The number of rotatable bonds is 4. The second-order valence-electron chi connectivity index (χ2n) is 5.14. The maximum absolute atomic E-state index is 9.64. The summed E-state index contributed by atoms with van der Waals surface area (Å²) in [5.41, 5.74) is 4.46. The number of hydrogen-bond acceptors (Lipinski definition) is 2. The molecule has 2 heteroatoms. The lowest BCUT2D eigenvalue weighted by Crippen LogP contribution is -2.32. The normalized spacial score (nSPS) is 21.7. The molecule has 0 spiro atoms. The fourth-order valence-corrected chi connectivity index (χ4v) is 3.17. The molecule has 0 unspecified atom stereocenters. The van der Waals surface area contributed by atoms with E-state index in [9.17, 15) is 10.2 Å². The van der Waals surface area contributed by atoms with Crippen LogP contribution in [0, 0.1) is 5.92 Å². The van der Waals surface area contributed by atoms with E-state index in [1.165, 1.54) is 11.1 Å². The third-order valence-electron chi connectivity index (χ3n) is 4.12. The molecule has 2 aromatic carbocycles. The van der Waals surface area contributed by atoms with E-state index < -0.39 is 0 Å². The highest BCUT2D eigenvalue weighted by atomic mass is 16.3. The molecule has 0 radical (unpaired) electrons. The van der Waals surface area contributed by atoms with Crippen LogP contribution in [-0.4, -0.2) is 23.4 Å². The Morgan fingerprint density at radius 1 is 0.800 bits per heavy atom. The van der Waals surface area contributed by atoms with E-state index in [2.05, 4.69) is 24.3 Å². The van der Waals surface area contributed by atoms with Crippen LogP contribution in [0.3, 0.4) is 0 Å². The van der Waals surface area contributed by atoms with Crippen molar-refractivity contribution in [2.75, 3.05) is 13.2 Å². The predicted octanol–water partition coefficient (Wildman–Crippen LogP) is 2.84. The molecular weight excluding hydrogens is 248 g/mol. The number of benzene rings is 2. The summed E-state index contributed by atoms with van der Waals surface area (Å²) in [6, 6.07) is 20.3. The smallest absolute Gasteiger partial charge is 0.0651 e. The summed E-state index contributed by atoms with van der Waals surface area (Å²) >= 11 is 0. The van der Waals surface area contributed by atoms with Crippen molar-refractivity contribution in [3.05, 3.63) is 77.4 Å². The van der Waals surface area contributed by atoms with Crippen LogP contribution in [-0.2, 0) is 0 Å². The zero-order valence-electron chi connectivity index (χ0n) is 11.2. The third-order valence-corrected chi connectivity index (χ3v) is 4.12.